The minimum absolute atomic E-state index is 0.0486. The van der Waals surface area contributed by atoms with Crippen LogP contribution in [0.3, 0.4) is 0 Å². The molecule has 1 aliphatic heterocycles. The van der Waals surface area contributed by atoms with Gasteiger partial charge in [-0.05, 0) is 49.4 Å². The SMILES string of the molecule is CCCCNC(=O)[C@@H](C)N(Cc1c(Cl)cccc1Cl)C(=O)CCCN1c2cccc3cccc(c23)S1(=O)=O. The third kappa shape index (κ3) is 5.63. The van der Waals surface area contributed by atoms with Crippen molar-refractivity contribution < 1.29 is 18.0 Å². The number of hydrogen-bond acceptors (Lipinski definition) is 4. The highest BCUT2D eigenvalue weighted by molar-refractivity contribution is 7.93. The molecule has 7 nitrogen and oxygen atoms in total. The molecule has 0 saturated carbocycles. The van der Waals surface area contributed by atoms with Gasteiger partial charge in [-0.3, -0.25) is 13.9 Å². The van der Waals surface area contributed by atoms with E-state index < -0.39 is 16.1 Å². The van der Waals surface area contributed by atoms with Gasteiger partial charge in [-0.1, -0.05) is 66.9 Å². The molecule has 1 N–H and O–H groups in total. The van der Waals surface area contributed by atoms with Crippen molar-refractivity contribution in [2.24, 2.45) is 0 Å². The van der Waals surface area contributed by atoms with Crippen LogP contribution in [0.5, 0.6) is 0 Å². The Kier molecular flexibility index (Phi) is 8.85. The molecule has 0 fully saturated rings. The van der Waals surface area contributed by atoms with Crippen molar-refractivity contribution >= 4 is 61.5 Å². The van der Waals surface area contributed by atoms with Gasteiger partial charge in [0.05, 0.1) is 10.6 Å². The number of anilines is 1. The van der Waals surface area contributed by atoms with Crippen LogP contribution in [-0.4, -0.2) is 44.3 Å². The second kappa shape index (κ2) is 11.9. The predicted molar refractivity (Wildman–Crippen MR) is 152 cm³/mol. The molecule has 0 radical (unpaired) electrons. The highest BCUT2D eigenvalue weighted by atomic mass is 35.5. The first-order valence-corrected chi connectivity index (χ1v) is 14.9. The van der Waals surface area contributed by atoms with E-state index in [1.807, 2.05) is 25.1 Å². The van der Waals surface area contributed by atoms with E-state index in [0.717, 1.165) is 18.2 Å². The Labute approximate surface area is 233 Å². The maximum atomic E-state index is 13.5. The smallest absolute Gasteiger partial charge is 0.265 e. The van der Waals surface area contributed by atoms with Crippen molar-refractivity contribution in [3.63, 3.8) is 0 Å². The zero-order valence-electron chi connectivity index (χ0n) is 21.4. The van der Waals surface area contributed by atoms with Crippen LogP contribution >= 0.6 is 23.2 Å². The van der Waals surface area contributed by atoms with E-state index in [2.05, 4.69) is 5.32 Å². The van der Waals surface area contributed by atoms with Gasteiger partial charge in [-0.25, -0.2) is 8.42 Å². The summed E-state index contributed by atoms with van der Waals surface area (Å²) in [5.41, 5.74) is 1.18. The molecule has 202 valence electrons. The third-order valence-electron chi connectivity index (χ3n) is 6.82. The van der Waals surface area contributed by atoms with E-state index in [1.165, 1.54) is 9.21 Å². The summed E-state index contributed by atoms with van der Waals surface area (Å²) in [5.74, 6) is -0.550. The van der Waals surface area contributed by atoms with Gasteiger partial charge < -0.3 is 10.2 Å². The lowest BCUT2D eigenvalue weighted by molar-refractivity contribution is -0.140. The molecule has 1 aliphatic rings. The van der Waals surface area contributed by atoms with Crippen molar-refractivity contribution in [1.29, 1.82) is 0 Å². The number of unbranched alkanes of at least 4 members (excludes halogenated alkanes) is 1. The number of amides is 2. The Balaban J connectivity index is 1.51. The van der Waals surface area contributed by atoms with E-state index in [9.17, 15) is 18.0 Å². The highest BCUT2D eigenvalue weighted by Gasteiger charge is 2.35. The number of carbonyl (C=O) groups is 2. The molecule has 38 heavy (non-hydrogen) atoms. The minimum Gasteiger partial charge on any atom is -0.354 e. The van der Waals surface area contributed by atoms with Crippen LogP contribution in [0.25, 0.3) is 10.8 Å². The summed E-state index contributed by atoms with van der Waals surface area (Å²) in [7, 11) is -3.71. The lowest BCUT2D eigenvalue weighted by Gasteiger charge is -2.30. The maximum absolute atomic E-state index is 13.5. The number of carbonyl (C=O) groups excluding carboxylic acids is 2. The molecule has 0 aliphatic carbocycles. The van der Waals surface area contributed by atoms with Gasteiger partial charge in [-0.2, -0.15) is 0 Å². The molecule has 0 spiro atoms. The standard InChI is InChI=1S/C28H31Cl2N3O4S/c1-3-4-16-31-28(35)19(2)32(18-21-22(29)11-7-12-23(21)30)26(34)15-8-17-33-24-13-5-9-20-10-6-14-25(27(20)24)38(33,36)37/h5-7,9-14,19H,3-4,8,15-18H2,1-2H3,(H,31,35)/t19-/m1/s1. The van der Waals surface area contributed by atoms with Crippen molar-refractivity contribution in [2.45, 2.75) is 57.0 Å². The van der Waals surface area contributed by atoms with Gasteiger partial charge >= 0.3 is 0 Å². The van der Waals surface area contributed by atoms with Crippen LogP contribution in [0.4, 0.5) is 5.69 Å². The monoisotopic (exact) mass is 575 g/mol. The molecule has 10 heteroatoms. The number of sulfonamides is 1. The molecular formula is C28H31Cl2N3O4S. The van der Waals surface area contributed by atoms with E-state index in [-0.39, 0.29) is 42.6 Å². The molecule has 1 heterocycles. The molecule has 2 amide bonds. The molecule has 0 bridgehead atoms. The molecule has 0 saturated heterocycles. The normalized spacial score (nSPS) is 14.5. The van der Waals surface area contributed by atoms with Gasteiger partial charge in [0.1, 0.15) is 6.04 Å². The zero-order valence-corrected chi connectivity index (χ0v) is 23.7. The summed E-state index contributed by atoms with van der Waals surface area (Å²) in [4.78, 5) is 28.1. The Morgan fingerprint density at radius 2 is 1.66 bits per heavy atom. The molecule has 3 aromatic carbocycles. The number of nitrogens with zero attached hydrogens (tertiary/aromatic N) is 2. The van der Waals surface area contributed by atoms with Crippen molar-refractivity contribution in [3.8, 4) is 0 Å². The van der Waals surface area contributed by atoms with Gasteiger partial charge in [0, 0.05) is 47.1 Å². The molecule has 0 unspecified atom stereocenters. The van der Waals surface area contributed by atoms with Gasteiger partial charge in [0.25, 0.3) is 10.0 Å². The summed E-state index contributed by atoms with van der Waals surface area (Å²) >= 11 is 12.7. The van der Waals surface area contributed by atoms with Crippen molar-refractivity contribution in [3.05, 3.63) is 70.2 Å². The van der Waals surface area contributed by atoms with Crippen LogP contribution in [0.2, 0.25) is 10.0 Å². The van der Waals surface area contributed by atoms with Crippen LogP contribution in [0.15, 0.2) is 59.5 Å². The Hall–Kier alpha value is -2.81. The quantitative estimate of drug-likeness (QED) is 0.294. The summed E-state index contributed by atoms with van der Waals surface area (Å²) in [6.07, 6.45) is 2.10. The number of benzene rings is 3. The number of nitrogens with one attached hydrogen (secondary N) is 1. The molecule has 4 rings (SSSR count). The fourth-order valence-electron chi connectivity index (χ4n) is 4.69. The lowest BCUT2D eigenvalue weighted by atomic mass is 10.1. The Morgan fingerprint density at radius 1 is 1.00 bits per heavy atom. The van der Waals surface area contributed by atoms with Gasteiger partial charge in [0.15, 0.2) is 0 Å². The van der Waals surface area contributed by atoms with E-state index in [1.54, 1.807) is 43.3 Å². The van der Waals surface area contributed by atoms with Crippen LogP contribution in [0, 0.1) is 0 Å². The summed E-state index contributed by atoms with van der Waals surface area (Å²) < 4.78 is 27.9. The highest BCUT2D eigenvalue weighted by Crippen LogP contribution is 2.42. The van der Waals surface area contributed by atoms with E-state index in [0.29, 0.717) is 33.2 Å². The topological polar surface area (TPSA) is 86.8 Å². The summed E-state index contributed by atoms with van der Waals surface area (Å²) in [6, 6.07) is 15.1. The molecule has 1 atom stereocenters. The number of hydrogen-bond donors (Lipinski definition) is 1. The Morgan fingerprint density at radius 3 is 2.34 bits per heavy atom. The third-order valence-corrected chi connectivity index (χ3v) is 9.38. The largest absolute Gasteiger partial charge is 0.354 e. The minimum atomic E-state index is -3.71. The van der Waals surface area contributed by atoms with Crippen LogP contribution in [-0.2, 0) is 26.2 Å². The molecule has 0 aromatic heterocycles. The van der Waals surface area contributed by atoms with Crippen molar-refractivity contribution in [1.82, 2.24) is 10.2 Å². The first-order valence-electron chi connectivity index (χ1n) is 12.7. The number of rotatable bonds is 11. The lowest BCUT2D eigenvalue weighted by Crippen LogP contribution is -2.48. The fourth-order valence-corrected chi connectivity index (χ4v) is 6.95. The van der Waals surface area contributed by atoms with Crippen LogP contribution in [0.1, 0.15) is 45.1 Å². The first kappa shape index (κ1) is 28.2. The second-order valence-electron chi connectivity index (χ2n) is 9.35. The molecule has 3 aromatic rings. The maximum Gasteiger partial charge on any atom is 0.265 e. The predicted octanol–water partition coefficient (Wildman–Crippen LogP) is 5.77. The summed E-state index contributed by atoms with van der Waals surface area (Å²) in [6.45, 7) is 4.43. The summed E-state index contributed by atoms with van der Waals surface area (Å²) in [5, 5.41) is 5.25. The Bertz CT molecular complexity index is 1440. The number of halogens is 2. The van der Waals surface area contributed by atoms with Crippen LogP contribution < -0.4 is 9.62 Å². The fraction of sp³-hybridized carbons (Fsp3) is 0.357. The average Bonchev–Trinajstić information content (AvgIpc) is 3.11. The zero-order chi connectivity index (χ0) is 27.4. The first-order chi connectivity index (χ1) is 18.2. The van der Waals surface area contributed by atoms with Crippen molar-refractivity contribution in [2.75, 3.05) is 17.4 Å². The van der Waals surface area contributed by atoms with Gasteiger partial charge in [-0.15, -0.1) is 0 Å². The van der Waals surface area contributed by atoms with Gasteiger partial charge in [0.2, 0.25) is 11.8 Å². The van der Waals surface area contributed by atoms with E-state index in [4.69, 9.17) is 23.2 Å². The molecular weight excluding hydrogens is 545 g/mol. The van der Waals surface area contributed by atoms with E-state index >= 15 is 0 Å². The average molecular weight is 577 g/mol. The second-order valence-corrected chi connectivity index (χ2v) is 12.0.